The second kappa shape index (κ2) is 15.3. The molecule has 0 saturated heterocycles. The Labute approximate surface area is 424 Å². The Hall–Kier alpha value is -7.38. The lowest BCUT2D eigenvalue weighted by Gasteiger charge is -2.45. The first kappa shape index (κ1) is 45.7. The Morgan fingerprint density at radius 2 is 1.18 bits per heavy atom. The highest BCUT2D eigenvalue weighted by atomic mass is 16.5. The number of hydrogen-bond acceptors (Lipinski definition) is 4. The zero-order valence-electron chi connectivity index (χ0n) is 44.3. The van der Waals surface area contributed by atoms with Crippen LogP contribution >= 0.6 is 0 Å². The molecule has 0 atom stereocenters. The van der Waals surface area contributed by atoms with Gasteiger partial charge in [-0.1, -0.05) is 150 Å². The minimum absolute atomic E-state index is 0.0662. The molecule has 1 aliphatic heterocycles. The Kier molecular flexibility index (Phi) is 9.73. The first-order chi connectivity index (χ1) is 34.0. The number of aryl methyl sites for hydroxylation is 2. The van der Waals surface area contributed by atoms with Crippen LogP contribution in [0, 0.1) is 13.3 Å². The maximum atomic E-state index is 7.10. The van der Waals surface area contributed by atoms with Crippen LogP contribution in [-0.4, -0.2) is 24.1 Å². The molecule has 2 aliphatic rings. The molecule has 12 rings (SSSR count). The summed E-state index contributed by atoms with van der Waals surface area (Å²) in [6.45, 7) is 30.7. The lowest BCUT2D eigenvalue weighted by atomic mass is 9.60. The van der Waals surface area contributed by atoms with Gasteiger partial charge in [-0.3, -0.25) is 4.57 Å². The molecule has 10 aromatic rings. The van der Waals surface area contributed by atoms with Crippen molar-refractivity contribution in [1.82, 2.24) is 24.1 Å². The molecule has 0 radical (unpaired) electrons. The van der Waals surface area contributed by atoms with E-state index in [1.807, 2.05) is 18.6 Å². The Morgan fingerprint density at radius 3 is 1.81 bits per heavy atom. The number of rotatable bonds is 4. The average Bonchev–Trinajstić information content (AvgIpc) is 3.95. The van der Waals surface area contributed by atoms with E-state index < -0.39 is 5.41 Å². The lowest BCUT2D eigenvalue weighted by Crippen LogP contribution is -2.38. The zero-order chi connectivity index (χ0) is 50.6. The Morgan fingerprint density at radius 1 is 0.569 bits per heavy atom. The van der Waals surface area contributed by atoms with Crippen molar-refractivity contribution in [1.29, 1.82) is 0 Å². The minimum Gasteiger partial charge on any atom is -0.458 e. The number of para-hydroxylation sites is 2. The van der Waals surface area contributed by atoms with E-state index in [9.17, 15) is 0 Å². The molecule has 6 aromatic carbocycles. The number of nitrogens with zero attached hydrogens (tertiary/aromatic N) is 6. The summed E-state index contributed by atoms with van der Waals surface area (Å²) < 4.78 is 13.8. The molecule has 0 saturated carbocycles. The van der Waals surface area contributed by atoms with E-state index in [1.54, 1.807) is 6.33 Å². The van der Waals surface area contributed by atoms with Gasteiger partial charge in [0.1, 0.15) is 23.6 Å². The van der Waals surface area contributed by atoms with Gasteiger partial charge in [-0.15, -0.1) is 0 Å². The molecule has 0 bridgehead atoms. The third-order valence-corrected chi connectivity index (χ3v) is 15.6. The van der Waals surface area contributed by atoms with Crippen molar-refractivity contribution in [2.24, 2.45) is 7.05 Å². The van der Waals surface area contributed by atoms with Gasteiger partial charge < -0.3 is 13.9 Å². The number of pyridine rings is 1. The van der Waals surface area contributed by atoms with Gasteiger partial charge in [-0.2, -0.15) is 0 Å². The van der Waals surface area contributed by atoms with E-state index in [-0.39, 0.29) is 21.7 Å². The van der Waals surface area contributed by atoms with Gasteiger partial charge in [-0.05, 0) is 126 Å². The molecule has 0 amide bonds. The largest absolute Gasteiger partial charge is 0.458 e. The van der Waals surface area contributed by atoms with Gasteiger partial charge in [0.15, 0.2) is 0 Å². The molecule has 5 heterocycles. The third-order valence-electron chi connectivity index (χ3n) is 15.6. The van der Waals surface area contributed by atoms with Crippen LogP contribution in [0.5, 0.6) is 11.5 Å². The molecule has 7 heteroatoms. The first-order valence-corrected chi connectivity index (χ1v) is 25.5. The fraction of sp³-hybridized carbons (Fsp3) is 0.292. The summed E-state index contributed by atoms with van der Waals surface area (Å²) in [6.07, 6.45) is 10.9. The maximum absolute atomic E-state index is 7.10. The highest BCUT2D eigenvalue weighted by Crippen LogP contribution is 2.65. The normalized spacial score (nSPS) is 14.1. The quantitative estimate of drug-likeness (QED) is 0.130. The lowest BCUT2D eigenvalue weighted by molar-refractivity contribution is -0.649. The van der Waals surface area contributed by atoms with E-state index in [1.165, 1.54) is 61.2 Å². The van der Waals surface area contributed by atoms with E-state index in [4.69, 9.17) is 9.72 Å². The number of imidazole rings is 1. The van der Waals surface area contributed by atoms with Crippen LogP contribution < -0.4 is 9.30 Å². The second-order valence-electron chi connectivity index (χ2n) is 24.6. The molecule has 1 spiro atoms. The SMILES string of the molecule is Cc1cc(-n2c3ccccc3c3ccc(Oc4ccc5c(c4)-n4[c-][n+](C)c6cccc(c64)C54c5c(cc(C(C)(C)C)cc5C(C)(C)C)-c5cc(C(C)(C)C)cc(C(C)(C)C)c54)cc32)ncc1-c1cncnc1. The summed E-state index contributed by atoms with van der Waals surface area (Å²) in [5.41, 5.74) is 20.8. The van der Waals surface area contributed by atoms with Crippen molar-refractivity contribution in [2.45, 2.75) is 117 Å². The summed E-state index contributed by atoms with van der Waals surface area (Å²) >= 11 is 0. The zero-order valence-corrected chi connectivity index (χ0v) is 44.3. The summed E-state index contributed by atoms with van der Waals surface area (Å²) in [7, 11) is 2.12. The molecule has 4 aromatic heterocycles. The predicted molar refractivity (Wildman–Crippen MR) is 293 cm³/mol. The van der Waals surface area contributed by atoms with Crippen LogP contribution in [0.4, 0.5) is 0 Å². The van der Waals surface area contributed by atoms with Crippen molar-refractivity contribution in [3.63, 3.8) is 0 Å². The summed E-state index contributed by atoms with van der Waals surface area (Å²) in [4.78, 5) is 13.6. The van der Waals surface area contributed by atoms with Gasteiger partial charge in [0.05, 0.1) is 40.2 Å². The third kappa shape index (κ3) is 6.68. The molecule has 72 heavy (non-hydrogen) atoms. The van der Waals surface area contributed by atoms with E-state index in [2.05, 4.69) is 236 Å². The molecule has 0 unspecified atom stereocenters. The fourth-order valence-electron chi connectivity index (χ4n) is 12.0. The fourth-order valence-corrected chi connectivity index (χ4v) is 12.0. The summed E-state index contributed by atoms with van der Waals surface area (Å²) in [5, 5.41) is 2.29. The van der Waals surface area contributed by atoms with Crippen molar-refractivity contribution in [3.05, 3.63) is 191 Å². The van der Waals surface area contributed by atoms with Crippen molar-refractivity contribution >= 4 is 32.8 Å². The average molecular weight is 945 g/mol. The Balaban J connectivity index is 1.11. The molecule has 7 nitrogen and oxygen atoms in total. The van der Waals surface area contributed by atoms with Gasteiger partial charge in [0, 0.05) is 46.6 Å². The molecular weight excluding hydrogens is 881 g/mol. The number of fused-ring (bicyclic) bond motifs is 12. The van der Waals surface area contributed by atoms with Crippen LogP contribution in [0.2, 0.25) is 0 Å². The maximum Gasteiger partial charge on any atom is 0.244 e. The minimum atomic E-state index is -0.667. The molecule has 360 valence electrons. The van der Waals surface area contributed by atoms with Gasteiger partial charge in [0.2, 0.25) is 6.33 Å². The monoisotopic (exact) mass is 945 g/mol. The number of benzene rings is 6. The van der Waals surface area contributed by atoms with E-state index >= 15 is 0 Å². The summed E-state index contributed by atoms with van der Waals surface area (Å²) in [5.74, 6) is 2.33. The smallest absolute Gasteiger partial charge is 0.244 e. The topological polar surface area (TPSA) is 61.6 Å². The first-order valence-electron chi connectivity index (χ1n) is 25.5. The van der Waals surface area contributed by atoms with E-state index in [0.29, 0.717) is 0 Å². The number of ether oxygens (including phenoxy) is 1. The molecular formula is C65H64N6O. The molecule has 0 fully saturated rings. The summed E-state index contributed by atoms with van der Waals surface area (Å²) in [6, 6.07) is 41.1. The standard InChI is InChI=1S/C65H64N6O/c1-38-26-57(68-35-48(38)39-33-66-36-67-34-39)71-53-20-16-15-18-44(53)45-24-22-42(31-55(45)71)72-43-23-25-49-56(32-43)70-37-69(14)54-21-17-19-50(60(54)70)65(49)58-46(27-40(61(2,3)4)29-51(58)63(8,9)10)47-28-41(62(5,6)7)30-52(59(47)65)64(11,12)13/h15-36H,1-14H3. The highest BCUT2D eigenvalue weighted by molar-refractivity contribution is 6.09. The molecule has 0 N–H and O–H groups in total. The van der Waals surface area contributed by atoms with Crippen LogP contribution in [0.3, 0.4) is 0 Å². The van der Waals surface area contributed by atoms with Crippen LogP contribution in [0.25, 0.3) is 66.6 Å². The Bertz CT molecular complexity index is 3820. The van der Waals surface area contributed by atoms with Crippen LogP contribution in [-0.2, 0) is 34.1 Å². The van der Waals surface area contributed by atoms with E-state index in [0.717, 1.165) is 67.0 Å². The van der Waals surface area contributed by atoms with Gasteiger partial charge >= 0.3 is 0 Å². The van der Waals surface area contributed by atoms with Crippen molar-refractivity contribution < 1.29 is 9.30 Å². The highest BCUT2D eigenvalue weighted by Gasteiger charge is 2.54. The molecule has 1 aliphatic carbocycles. The van der Waals surface area contributed by atoms with Crippen LogP contribution in [0.1, 0.15) is 133 Å². The number of aromatic nitrogens is 6. The van der Waals surface area contributed by atoms with Crippen molar-refractivity contribution in [3.8, 4) is 45.3 Å². The number of hydrogen-bond donors (Lipinski definition) is 0. The van der Waals surface area contributed by atoms with Gasteiger partial charge in [-0.25, -0.2) is 15.0 Å². The predicted octanol–water partition coefficient (Wildman–Crippen LogP) is 15.2. The van der Waals surface area contributed by atoms with Crippen molar-refractivity contribution in [2.75, 3.05) is 0 Å². The second-order valence-corrected chi connectivity index (χ2v) is 24.6. The van der Waals surface area contributed by atoms with Crippen LogP contribution in [0.15, 0.2) is 134 Å². The van der Waals surface area contributed by atoms with Gasteiger partial charge in [0.25, 0.3) is 0 Å².